The van der Waals surface area contributed by atoms with E-state index in [2.05, 4.69) is 0 Å². The van der Waals surface area contributed by atoms with Crippen molar-refractivity contribution in [3.63, 3.8) is 0 Å². The maximum Gasteiger partial charge on any atom is 0.337 e. The highest BCUT2D eigenvalue weighted by Crippen LogP contribution is 2.44. The Hall–Kier alpha value is -4.72. The number of carbonyl (C=O) groups is 4. The van der Waals surface area contributed by atoms with Gasteiger partial charge < -0.3 is 20.4 Å². The SMILES string of the molecule is O=C(O)c1cc2c3cccc4c(C(=O)O)ccc(c5ccc(C(=O)O)c(c1C(=O)O)c52)c43. The van der Waals surface area contributed by atoms with Crippen molar-refractivity contribution in [2.24, 2.45) is 0 Å². The molecule has 0 aromatic heterocycles. The van der Waals surface area contributed by atoms with Crippen molar-refractivity contribution in [3.8, 4) is 0 Å². The van der Waals surface area contributed by atoms with Crippen molar-refractivity contribution in [1.29, 1.82) is 0 Å². The fourth-order valence-electron chi connectivity index (χ4n) is 4.61. The van der Waals surface area contributed by atoms with Crippen LogP contribution in [-0.2, 0) is 0 Å². The summed E-state index contributed by atoms with van der Waals surface area (Å²) in [6, 6.07) is 12.0. The van der Waals surface area contributed by atoms with Crippen molar-refractivity contribution in [3.05, 3.63) is 70.8 Å². The Labute approximate surface area is 177 Å². The molecule has 0 saturated heterocycles. The van der Waals surface area contributed by atoms with Crippen molar-refractivity contribution >= 4 is 67.0 Å². The van der Waals surface area contributed by atoms with E-state index >= 15 is 0 Å². The highest BCUT2D eigenvalue weighted by Gasteiger charge is 2.28. The Bertz CT molecular complexity index is 1680. The van der Waals surface area contributed by atoms with Crippen LogP contribution in [-0.4, -0.2) is 44.3 Å². The summed E-state index contributed by atoms with van der Waals surface area (Å²) in [6.45, 7) is 0. The molecule has 5 aromatic carbocycles. The third-order valence-corrected chi connectivity index (χ3v) is 5.81. The van der Waals surface area contributed by atoms with Crippen LogP contribution in [0.1, 0.15) is 41.4 Å². The van der Waals surface area contributed by atoms with Gasteiger partial charge in [-0.25, -0.2) is 19.2 Å². The molecule has 4 N–H and O–H groups in total. The Morgan fingerprint density at radius 1 is 0.469 bits per heavy atom. The van der Waals surface area contributed by atoms with Gasteiger partial charge in [0.25, 0.3) is 0 Å². The molecule has 5 rings (SSSR count). The summed E-state index contributed by atoms with van der Waals surface area (Å²) in [5, 5.41) is 42.0. The molecular formula is C24H12O8. The van der Waals surface area contributed by atoms with Gasteiger partial charge >= 0.3 is 23.9 Å². The molecule has 32 heavy (non-hydrogen) atoms. The van der Waals surface area contributed by atoms with E-state index in [1.807, 2.05) is 0 Å². The Kier molecular flexibility index (Phi) is 3.84. The van der Waals surface area contributed by atoms with Crippen LogP contribution in [0.3, 0.4) is 0 Å². The molecule has 0 bridgehead atoms. The number of rotatable bonds is 4. The summed E-state index contributed by atoms with van der Waals surface area (Å²) in [6.07, 6.45) is 0. The van der Waals surface area contributed by atoms with Crippen LogP contribution in [0.15, 0.2) is 48.5 Å². The van der Waals surface area contributed by atoms with Crippen molar-refractivity contribution in [2.75, 3.05) is 0 Å². The fraction of sp³-hybridized carbons (Fsp3) is 0. The van der Waals surface area contributed by atoms with E-state index in [4.69, 9.17) is 0 Å². The van der Waals surface area contributed by atoms with Crippen molar-refractivity contribution in [2.45, 2.75) is 0 Å². The minimum Gasteiger partial charge on any atom is -0.478 e. The molecule has 0 heterocycles. The molecule has 8 nitrogen and oxygen atoms in total. The molecule has 0 aliphatic rings. The molecule has 0 radical (unpaired) electrons. The zero-order valence-corrected chi connectivity index (χ0v) is 16.0. The van der Waals surface area contributed by atoms with E-state index in [9.17, 15) is 39.6 Å². The summed E-state index contributed by atoms with van der Waals surface area (Å²) >= 11 is 0. The largest absolute Gasteiger partial charge is 0.478 e. The maximum atomic E-state index is 12.1. The van der Waals surface area contributed by atoms with Gasteiger partial charge in [-0.15, -0.1) is 0 Å². The fourth-order valence-corrected chi connectivity index (χ4v) is 4.61. The average Bonchev–Trinajstić information content (AvgIpc) is 2.75. The van der Waals surface area contributed by atoms with E-state index in [1.165, 1.54) is 24.3 Å². The molecule has 8 heteroatoms. The average molecular weight is 428 g/mol. The monoisotopic (exact) mass is 428 g/mol. The number of hydrogen-bond donors (Lipinski definition) is 4. The van der Waals surface area contributed by atoms with Gasteiger partial charge in [-0.1, -0.05) is 30.3 Å². The summed E-state index contributed by atoms with van der Waals surface area (Å²) in [5.74, 6) is -5.59. The quantitative estimate of drug-likeness (QED) is 0.241. The predicted octanol–water partition coefficient (Wildman–Crippen LogP) is 4.53. The first-order chi connectivity index (χ1) is 15.2. The van der Waals surface area contributed by atoms with Crippen LogP contribution >= 0.6 is 0 Å². The van der Waals surface area contributed by atoms with Gasteiger partial charge in [-0.2, -0.15) is 0 Å². The second-order valence-electron chi connectivity index (χ2n) is 7.37. The molecule has 0 aliphatic carbocycles. The third kappa shape index (κ3) is 2.37. The number of carboxylic acid groups (broad SMARTS) is 4. The normalized spacial score (nSPS) is 11.5. The Balaban J connectivity index is 2.21. The topological polar surface area (TPSA) is 149 Å². The lowest BCUT2D eigenvalue weighted by atomic mass is 9.84. The van der Waals surface area contributed by atoms with Crippen LogP contribution in [0.4, 0.5) is 0 Å². The van der Waals surface area contributed by atoms with Gasteiger partial charge in [0, 0.05) is 5.39 Å². The van der Waals surface area contributed by atoms with Gasteiger partial charge in [-0.05, 0) is 55.9 Å². The molecule has 156 valence electrons. The number of fused-ring (bicyclic) bond motifs is 2. The molecule has 5 aromatic rings. The number of hydrogen-bond acceptors (Lipinski definition) is 4. The van der Waals surface area contributed by atoms with Gasteiger partial charge in [0.1, 0.15) is 0 Å². The standard InChI is InChI=1S/C24H12O8/c25-21(26)13-6-4-11-12-5-7-14(22(27)28)19-18(12)15(10-3-1-2-9(13)17(10)11)8-16(23(29)30)20(19)24(31)32/h1-8H,(H,25,26)(H,27,28)(H,29,30)(H,31,32). The molecule has 0 fully saturated rings. The van der Waals surface area contributed by atoms with Crippen LogP contribution in [0.25, 0.3) is 43.1 Å². The number of aromatic carboxylic acids is 4. The smallest absolute Gasteiger partial charge is 0.337 e. The first-order valence-corrected chi connectivity index (χ1v) is 9.35. The molecular weight excluding hydrogens is 416 g/mol. The number of carboxylic acids is 4. The lowest BCUT2D eigenvalue weighted by molar-refractivity contribution is 0.0652. The summed E-state index contributed by atoms with van der Waals surface area (Å²) in [4.78, 5) is 47.7. The van der Waals surface area contributed by atoms with Crippen molar-refractivity contribution < 1.29 is 39.6 Å². The molecule has 0 aliphatic heterocycles. The molecule has 0 unspecified atom stereocenters. The maximum absolute atomic E-state index is 12.1. The van der Waals surface area contributed by atoms with E-state index < -0.39 is 35.0 Å². The second-order valence-corrected chi connectivity index (χ2v) is 7.37. The van der Waals surface area contributed by atoms with Crippen LogP contribution in [0.2, 0.25) is 0 Å². The Morgan fingerprint density at radius 3 is 1.59 bits per heavy atom. The lowest BCUT2D eigenvalue weighted by Gasteiger charge is -2.18. The van der Waals surface area contributed by atoms with Crippen LogP contribution < -0.4 is 0 Å². The summed E-state index contributed by atoms with van der Waals surface area (Å²) < 4.78 is 0. The molecule has 0 spiro atoms. The predicted molar refractivity (Wildman–Crippen MR) is 115 cm³/mol. The number of benzene rings is 5. The van der Waals surface area contributed by atoms with Gasteiger partial charge in [-0.3, -0.25) is 0 Å². The van der Waals surface area contributed by atoms with E-state index in [0.717, 1.165) is 0 Å². The summed E-state index contributed by atoms with van der Waals surface area (Å²) in [7, 11) is 0. The first kappa shape index (κ1) is 19.3. The van der Waals surface area contributed by atoms with E-state index in [-0.39, 0.29) is 16.5 Å². The minimum absolute atomic E-state index is 0.0630. The van der Waals surface area contributed by atoms with Crippen molar-refractivity contribution in [1.82, 2.24) is 0 Å². The zero-order valence-electron chi connectivity index (χ0n) is 16.0. The Morgan fingerprint density at radius 2 is 1.00 bits per heavy atom. The van der Waals surface area contributed by atoms with Gasteiger partial charge in [0.15, 0.2) is 0 Å². The van der Waals surface area contributed by atoms with Gasteiger partial charge in [0.05, 0.1) is 22.3 Å². The lowest BCUT2D eigenvalue weighted by Crippen LogP contribution is -2.12. The van der Waals surface area contributed by atoms with E-state index in [1.54, 1.807) is 24.3 Å². The summed E-state index contributed by atoms with van der Waals surface area (Å²) in [5.41, 5.74) is -1.42. The molecule has 0 atom stereocenters. The van der Waals surface area contributed by atoms with E-state index in [0.29, 0.717) is 37.7 Å². The highest BCUT2D eigenvalue weighted by atomic mass is 16.4. The third-order valence-electron chi connectivity index (χ3n) is 5.81. The van der Waals surface area contributed by atoms with Crippen LogP contribution in [0.5, 0.6) is 0 Å². The highest BCUT2D eigenvalue weighted by molar-refractivity contribution is 6.37. The van der Waals surface area contributed by atoms with Gasteiger partial charge in [0.2, 0.25) is 0 Å². The minimum atomic E-state index is -1.56. The zero-order chi connectivity index (χ0) is 22.9. The first-order valence-electron chi connectivity index (χ1n) is 9.35. The second kappa shape index (κ2) is 6.39. The molecule has 0 amide bonds. The molecule has 0 saturated carbocycles. The van der Waals surface area contributed by atoms with Crippen LogP contribution in [0, 0.1) is 0 Å².